The number of halogens is 1. The topological polar surface area (TPSA) is 65.5 Å². The molecule has 3 N–H and O–H groups in total. The lowest BCUT2D eigenvalue weighted by Gasteiger charge is -2.12. The van der Waals surface area contributed by atoms with Crippen molar-refractivity contribution in [3.8, 4) is 0 Å². The molecule has 0 aromatic heterocycles. The van der Waals surface area contributed by atoms with Crippen LogP contribution in [0, 0.1) is 0 Å². The molecule has 0 radical (unpaired) electrons. The largest absolute Gasteiger partial charge is 0.356 e. The van der Waals surface area contributed by atoms with E-state index in [0.29, 0.717) is 18.7 Å². The number of hydrogen-bond acceptors (Lipinski definition) is 3. The summed E-state index contributed by atoms with van der Waals surface area (Å²) in [6.45, 7) is 1.97. The molecule has 0 atom stereocenters. The van der Waals surface area contributed by atoms with Crippen LogP contribution < -0.4 is 16.0 Å². The Morgan fingerprint density at radius 1 is 0.885 bits per heavy atom. The number of carbonyl (C=O) groups is 1. The van der Waals surface area contributed by atoms with E-state index in [0.717, 1.165) is 18.3 Å². The Bertz CT molecular complexity index is 668. The van der Waals surface area contributed by atoms with Gasteiger partial charge < -0.3 is 16.0 Å². The normalized spacial score (nSPS) is 10.6. The maximum absolute atomic E-state index is 11.9. The van der Waals surface area contributed by atoms with E-state index >= 15 is 0 Å². The fourth-order valence-corrected chi connectivity index (χ4v) is 2.91. The molecular formula is C19H25IN4OS. The highest BCUT2D eigenvalue weighted by molar-refractivity contribution is 14.0. The van der Waals surface area contributed by atoms with Crippen LogP contribution in [0.5, 0.6) is 0 Å². The summed E-state index contributed by atoms with van der Waals surface area (Å²) in [4.78, 5) is 17.4. The highest BCUT2D eigenvalue weighted by Crippen LogP contribution is 2.15. The molecule has 0 aliphatic heterocycles. The van der Waals surface area contributed by atoms with Crippen molar-refractivity contribution in [1.29, 1.82) is 0 Å². The van der Waals surface area contributed by atoms with E-state index < -0.39 is 0 Å². The average molecular weight is 484 g/mol. The second-order valence-corrected chi connectivity index (χ2v) is 6.38. The number of rotatable bonds is 8. The molecule has 140 valence electrons. The second kappa shape index (κ2) is 13.5. The van der Waals surface area contributed by atoms with Crippen LogP contribution in [0.3, 0.4) is 0 Å². The third-order valence-electron chi connectivity index (χ3n) is 3.37. The summed E-state index contributed by atoms with van der Waals surface area (Å²) >= 11 is 1.80. The highest BCUT2D eigenvalue weighted by Gasteiger charge is 2.03. The van der Waals surface area contributed by atoms with Crippen LogP contribution in [-0.4, -0.2) is 44.3 Å². The first kappa shape index (κ1) is 22.3. The minimum Gasteiger partial charge on any atom is -0.356 e. The molecule has 26 heavy (non-hydrogen) atoms. The van der Waals surface area contributed by atoms with Gasteiger partial charge in [-0.3, -0.25) is 9.79 Å². The van der Waals surface area contributed by atoms with Crippen LogP contribution in [0.4, 0.5) is 0 Å². The molecular weight excluding hydrogens is 459 g/mol. The van der Waals surface area contributed by atoms with Gasteiger partial charge in [-0.05, 0) is 24.3 Å². The predicted molar refractivity (Wildman–Crippen MR) is 121 cm³/mol. The van der Waals surface area contributed by atoms with E-state index in [2.05, 4.69) is 33.1 Å². The van der Waals surface area contributed by atoms with Crippen LogP contribution in [0.25, 0.3) is 0 Å². The minimum atomic E-state index is -0.0652. The van der Waals surface area contributed by atoms with Gasteiger partial charge in [-0.25, -0.2) is 0 Å². The zero-order valence-electron chi connectivity index (χ0n) is 14.8. The Morgan fingerprint density at radius 3 is 2.12 bits per heavy atom. The maximum Gasteiger partial charge on any atom is 0.251 e. The average Bonchev–Trinajstić information content (AvgIpc) is 2.68. The first-order valence-electron chi connectivity index (χ1n) is 8.25. The lowest BCUT2D eigenvalue weighted by atomic mass is 10.2. The van der Waals surface area contributed by atoms with Crippen molar-refractivity contribution in [1.82, 2.24) is 16.0 Å². The third kappa shape index (κ3) is 8.57. The van der Waals surface area contributed by atoms with Crippen LogP contribution in [-0.2, 0) is 0 Å². The monoisotopic (exact) mass is 484 g/mol. The molecule has 7 heteroatoms. The number of amides is 1. The van der Waals surface area contributed by atoms with Crippen molar-refractivity contribution in [2.24, 2.45) is 4.99 Å². The Morgan fingerprint density at radius 2 is 1.46 bits per heavy atom. The quantitative estimate of drug-likeness (QED) is 0.177. The Balaban J connectivity index is 0.00000338. The second-order valence-electron chi connectivity index (χ2n) is 5.21. The van der Waals surface area contributed by atoms with Crippen LogP contribution >= 0.6 is 35.7 Å². The van der Waals surface area contributed by atoms with Gasteiger partial charge in [0, 0.05) is 42.9 Å². The van der Waals surface area contributed by atoms with E-state index in [4.69, 9.17) is 0 Å². The molecule has 0 bridgehead atoms. The third-order valence-corrected chi connectivity index (χ3v) is 4.38. The SMILES string of the molecule is CN=C(NCCNC(=O)c1ccccc1)NCCSc1ccccc1.I. The molecule has 0 saturated heterocycles. The first-order chi connectivity index (χ1) is 12.3. The van der Waals surface area contributed by atoms with E-state index in [-0.39, 0.29) is 29.9 Å². The number of nitrogens with one attached hydrogen (secondary N) is 3. The summed E-state index contributed by atoms with van der Waals surface area (Å²) in [6.07, 6.45) is 0. The fraction of sp³-hybridized carbons (Fsp3) is 0.263. The zero-order chi connectivity index (χ0) is 17.7. The van der Waals surface area contributed by atoms with Crippen molar-refractivity contribution in [3.63, 3.8) is 0 Å². The van der Waals surface area contributed by atoms with E-state index in [1.165, 1.54) is 4.90 Å². The molecule has 0 heterocycles. The lowest BCUT2D eigenvalue weighted by Crippen LogP contribution is -2.42. The Kier molecular flexibility index (Phi) is 11.5. The lowest BCUT2D eigenvalue weighted by molar-refractivity contribution is 0.0954. The van der Waals surface area contributed by atoms with Gasteiger partial charge in [-0.15, -0.1) is 35.7 Å². The Hall–Kier alpha value is -1.74. The highest BCUT2D eigenvalue weighted by atomic mass is 127. The summed E-state index contributed by atoms with van der Waals surface area (Å²) in [5.74, 6) is 1.63. The van der Waals surface area contributed by atoms with Crippen LogP contribution in [0.2, 0.25) is 0 Å². The standard InChI is InChI=1S/C19H24N4OS.HI/c1-20-19(23-14-15-25-17-10-6-3-7-11-17)22-13-12-21-18(24)16-8-4-2-5-9-16;/h2-11H,12-15H2,1H3,(H,21,24)(H2,20,22,23);1H. The van der Waals surface area contributed by atoms with Crippen molar-refractivity contribution in [2.45, 2.75) is 4.90 Å². The molecule has 0 saturated carbocycles. The maximum atomic E-state index is 11.9. The summed E-state index contributed by atoms with van der Waals surface area (Å²) < 4.78 is 0. The van der Waals surface area contributed by atoms with Gasteiger partial charge in [0.25, 0.3) is 5.91 Å². The van der Waals surface area contributed by atoms with Gasteiger partial charge in [0.2, 0.25) is 0 Å². The molecule has 5 nitrogen and oxygen atoms in total. The van der Waals surface area contributed by atoms with Gasteiger partial charge in [0.05, 0.1) is 0 Å². The number of carbonyl (C=O) groups excluding carboxylic acids is 1. The first-order valence-corrected chi connectivity index (χ1v) is 9.24. The van der Waals surface area contributed by atoms with Gasteiger partial charge in [0.1, 0.15) is 0 Å². The molecule has 0 unspecified atom stereocenters. The molecule has 2 aromatic carbocycles. The molecule has 2 rings (SSSR count). The zero-order valence-corrected chi connectivity index (χ0v) is 17.9. The van der Waals surface area contributed by atoms with Gasteiger partial charge >= 0.3 is 0 Å². The minimum absolute atomic E-state index is 0. The number of nitrogens with zero attached hydrogens (tertiary/aromatic N) is 1. The van der Waals surface area contributed by atoms with Gasteiger partial charge in [-0.2, -0.15) is 0 Å². The summed E-state index contributed by atoms with van der Waals surface area (Å²) in [5.41, 5.74) is 0.669. The molecule has 2 aromatic rings. The van der Waals surface area contributed by atoms with Crippen LogP contribution in [0.1, 0.15) is 10.4 Å². The number of aliphatic imine (C=N–C) groups is 1. The Labute approximate surface area is 176 Å². The van der Waals surface area contributed by atoms with Crippen molar-refractivity contribution in [3.05, 3.63) is 66.2 Å². The molecule has 1 amide bonds. The number of guanidine groups is 1. The molecule has 0 fully saturated rings. The smallest absolute Gasteiger partial charge is 0.251 e. The molecule has 0 aliphatic carbocycles. The number of hydrogen-bond donors (Lipinski definition) is 3. The summed E-state index contributed by atoms with van der Waals surface area (Å²) in [7, 11) is 1.74. The fourth-order valence-electron chi connectivity index (χ4n) is 2.12. The van der Waals surface area contributed by atoms with E-state index in [1.807, 2.05) is 36.4 Å². The van der Waals surface area contributed by atoms with E-state index in [9.17, 15) is 4.79 Å². The molecule has 0 spiro atoms. The van der Waals surface area contributed by atoms with Crippen LogP contribution in [0.15, 0.2) is 70.6 Å². The number of thioether (sulfide) groups is 1. The summed E-state index contributed by atoms with van der Waals surface area (Å²) in [6, 6.07) is 19.5. The van der Waals surface area contributed by atoms with Crippen molar-refractivity contribution >= 4 is 47.6 Å². The molecule has 0 aliphatic rings. The van der Waals surface area contributed by atoms with Gasteiger partial charge in [-0.1, -0.05) is 36.4 Å². The summed E-state index contributed by atoms with van der Waals surface area (Å²) in [5, 5.41) is 9.33. The number of benzene rings is 2. The van der Waals surface area contributed by atoms with Crippen molar-refractivity contribution < 1.29 is 4.79 Å². The van der Waals surface area contributed by atoms with Crippen molar-refractivity contribution in [2.75, 3.05) is 32.4 Å². The predicted octanol–water partition coefficient (Wildman–Crippen LogP) is 2.99. The van der Waals surface area contributed by atoms with Gasteiger partial charge in [0.15, 0.2) is 5.96 Å². The van der Waals surface area contributed by atoms with E-state index in [1.54, 1.807) is 30.9 Å².